The number of anilines is 1. The molecule has 1 aromatic carbocycles. The van der Waals surface area contributed by atoms with Crippen molar-refractivity contribution in [2.75, 3.05) is 12.4 Å². The summed E-state index contributed by atoms with van der Waals surface area (Å²) in [5, 5.41) is 4.10. The largest absolute Gasteiger partial charge is 0.495 e. The van der Waals surface area contributed by atoms with E-state index in [1.54, 1.807) is 37.5 Å². The van der Waals surface area contributed by atoms with E-state index in [4.69, 9.17) is 16.3 Å². The first kappa shape index (κ1) is 16.4. The number of benzene rings is 1. The highest BCUT2D eigenvalue weighted by Crippen LogP contribution is 2.31. The molecule has 3 rings (SSSR count). The van der Waals surface area contributed by atoms with Gasteiger partial charge in [-0.1, -0.05) is 11.6 Å². The van der Waals surface area contributed by atoms with E-state index in [0.717, 1.165) is 10.6 Å². The molecule has 0 aliphatic carbocycles. The lowest BCUT2D eigenvalue weighted by molar-refractivity contribution is 0.102. The molecule has 0 unspecified atom stereocenters. The lowest BCUT2D eigenvalue weighted by Gasteiger charge is -2.09. The molecule has 0 radical (unpaired) electrons. The number of rotatable bonds is 4. The van der Waals surface area contributed by atoms with Crippen LogP contribution in [0.25, 0.3) is 10.6 Å². The van der Waals surface area contributed by atoms with Gasteiger partial charge in [0.25, 0.3) is 5.91 Å². The summed E-state index contributed by atoms with van der Waals surface area (Å²) in [5.41, 5.74) is 2.06. The van der Waals surface area contributed by atoms with Gasteiger partial charge in [0.05, 0.1) is 18.5 Å². The normalized spacial score (nSPS) is 10.5. The van der Waals surface area contributed by atoms with Crippen molar-refractivity contribution >= 4 is 34.5 Å². The first-order chi connectivity index (χ1) is 11.6. The van der Waals surface area contributed by atoms with Crippen LogP contribution in [0.1, 0.15) is 15.4 Å². The topological polar surface area (TPSA) is 64.1 Å². The van der Waals surface area contributed by atoms with Gasteiger partial charge in [0, 0.05) is 23.0 Å². The number of nitrogens with one attached hydrogen (secondary N) is 1. The Bertz CT molecular complexity index is 881. The molecule has 5 nitrogen and oxygen atoms in total. The second-order valence-electron chi connectivity index (χ2n) is 4.97. The number of nitrogens with zero attached hydrogens (tertiary/aromatic N) is 2. The van der Waals surface area contributed by atoms with E-state index in [-0.39, 0.29) is 5.91 Å². The van der Waals surface area contributed by atoms with Crippen molar-refractivity contribution in [2.24, 2.45) is 0 Å². The van der Waals surface area contributed by atoms with Crippen LogP contribution in [0.4, 0.5) is 5.69 Å². The molecule has 0 spiro atoms. The number of ether oxygens (including phenoxy) is 1. The SMILES string of the molecule is COc1ccc(Cl)cc1NC(=O)c1sc(-c2cccnc2)nc1C. The van der Waals surface area contributed by atoms with E-state index < -0.39 is 0 Å². The summed E-state index contributed by atoms with van der Waals surface area (Å²) in [5.74, 6) is 0.295. The van der Waals surface area contributed by atoms with Gasteiger partial charge in [0.15, 0.2) is 0 Å². The number of aryl methyl sites for hydroxylation is 1. The quantitative estimate of drug-likeness (QED) is 0.748. The summed E-state index contributed by atoms with van der Waals surface area (Å²) in [7, 11) is 1.54. The Morgan fingerprint density at radius 3 is 2.88 bits per heavy atom. The minimum atomic E-state index is -0.249. The molecule has 0 saturated carbocycles. The first-order valence-electron chi connectivity index (χ1n) is 7.11. The summed E-state index contributed by atoms with van der Waals surface area (Å²) in [6.45, 7) is 1.81. The van der Waals surface area contributed by atoms with E-state index in [1.807, 2.05) is 12.1 Å². The Hall–Kier alpha value is -2.44. The highest BCUT2D eigenvalue weighted by atomic mass is 35.5. The Kier molecular flexibility index (Phi) is 4.78. The highest BCUT2D eigenvalue weighted by molar-refractivity contribution is 7.17. The third-order valence-corrected chi connectivity index (χ3v) is 4.76. The summed E-state index contributed by atoms with van der Waals surface area (Å²) in [6, 6.07) is 8.80. The van der Waals surface area contributed by atoms with Crippen LogP contribution in [0.3, 0.4) is 0 Å². The molecular weight excluding hydrogens is 346 g/mol. The standard InChI is InChI=1S/C17H14ClN3O2S/c1-10-15(24-17(20-10)11-4-3-7-19-9-11)16(22)21-13-8-12(18)5-6-14(13)23-2/h3-9H,1-2H3,(H,21,22). The van der Waals surface area contributed by atoms with Crippen LogP contribution in [0, 0.1) is 6.92 Å². The monoisotopic (exact) mass is 359 g/mol. The van der Waals surface area contributed by atoms with Crippen molar-refractivity contribution in [2.45, 2.75) is 6.92 Å². The molecule has 1 N–H and O–H groups in total. The number of carbonyl (C=O) groups is 1. The Morgan fingerprint density at radius 1 is 1.33 bits per heavy atom. The fourth-order valence-electron chi connectivity index (χ4n) is 2.18. The van der Waals surface area contributed by atoms with Gasteiger partial charge in [-0.15, -0.1) is 11.3 Å². The van der Waals surface area contributed by atoms with E-state index in [1.165, 1.54) is 18.4 Å². The summed E-state index contributed by atoms with van der Waals surface area (Å²) in [4.78, 5) is 21.7. The molecule has 24 heavy (non-hydrogen) atoms. The molecule has 2 heterocycles. The van der Waals surface area contributed by atoms with Crippen LogP contribution >= 0.6 is 22.9 Å². The van der Waals surface area contributed by atoms with Crippen molar-refractivity contribution in [1.29, 1.82) is 0 Å². The van der Waals surface area contributed by atoms with Gasteiger partial charge in [-0.3, -0.25) is 9.78 Å². The van der Waals surface area contributed by atoms with Crippen LogP contribution in [0.2, 0.25) is 5.02 Å². The van der Waals surface area contributed by atoms with Crippen molar-refractivity contribution in [3.05, 3.63) is 58.3 Å². The van der Waals surface area contributed by atoms with E-state index in [0.29, 0.717) is 27.0 Å². The lowest BCUT2D eigenvalue weighted by atomic mass is 10.2. The maximum atomic E-state index is 12.6. The zero-order valence-corrected chi connectivity index (χ0v) is 14.6. The number of pyridine rings is 1. The predicted molar refractivity (Wildman–Crippen MR) is 96.0 cm³/mol. The van der Waals surface area contributed by atoms with Crippen molar-refractivity contribution in [3.63, 3.8) is 0 Å². The molecule has 122 valence electrons. The van der Waals surface area contributed by atoms with Crippen LogP contribution in [0.15, 0.2) is 42.7 Å². The zero-order chi connectivity index (χ0) is 17.1. The maximum Gasteiger partial charge on any atom is 0.267 e. The molecule has 0 fully saturated rings. The van der Waals surface area contributed by atoms with E-state index in [9.17, 15) is 4.79 Å². The van der Waals surface area contributed by atoms with Gasteiger partial charge in [-0.25, -0.2) is 4.98 Å². The number of hydrogen-bond acceptors (Lipinski definition) is 5. The van der Waals surface area contributed by atoms with Crippen molar-refractivity contribution in [1.82, 2.24) is 9.97 Å². The van der Waals surface area contributed by atoms with Gasteiger partial charge in [0.2, 0.25) is 0 Å². The number of halogens is 1. The maximum absolute atomic E-state index is 12.6. The number of hydrogen-bond donors (Lipinski definition) is 1. The average molecular weight is 360 g/mol. The molecule has 0 aliphatic rings. The van der Waals surface area contributed by atoms with Gasteiger partial charge < -0.3 is 10.1 Å². The second-order valence-corrected chi connectivity index (χ2v) is 6.41. The number of carbonyl (C=O) groups excluding carboxylic acids is 1. The second kappa shape index (κ2) is 6.98. The van der Waals surface area contributed by atoms with Gasteiger partial charge in [0.1, 0.15) is 15.6 Å². The molecule has 0 atom stereocenters. The molecule has 0 bridgehead atoms. The third-order valence-electron chi connectivity index (χ3n) is 3.32. The smallest absolute Gasteiger partial charge is 0.267 e. The van der Waals surface area contributed by atoms with Crippen LogP contribution in [-0.2, 0) is 0 Å². The van der Waals surface area contributed by atoms with Gasteiger partial charge >= 0.3 is 0 Å². The highest BCUT2D eigenvalue weighted by Gasteiger charge is 2.18. The number of aromatic nitrogens is 2. The van der Waals surface area contributed by atoms with Crippen molar-refractivity contribution in [3.8, 4) is 16.3 Å². The number of methoxy groups -OCH3 is 1. The molecule has 0 aliphatic heterocycles. The molecule has 2 aromatic heterocycles. The molecule has 0 saturated heterocycles. The van der Waals surface area contributed by atoms with Gasteiger partial charge in [-0.2, -0.15) is 0 Å². The zero-order valence-electron chi connectivity index (χ0n) is 13.0. The number of amides is 1. The summed E-state index contributed by atoms with van der Waals surface area (Å²) < 4.78 is 5.25. The van der Waals surface area contributed by atoms with E-state index >= 15 is 0 Å². The first-order valence-corrected chi connectivity index (χ1v) is 8.30. The fourth-order valence-corrected chi connectivity index (χ4v) is 3.30. The average Bonchev–Trinajstić information content (AvgIpc) is 2.98. The Balaban J connectivity index is 1.89. The molecule has 3 aromatic rings. The summed E-state index contributed by atoms with van der Waals surface area (Å²) >= 11 is 7.32. The minimum Gasteiger partial charge on any atom is -0.495 e. The van der Waals surface area contributed by atoms with Gasteiger partial charge in [-0.05, 0) is 37.3 Å². The van der Waals surface area contributed by atoms with Crippen LogP contribution < -0.4 is 10.1 Å². The minimum absolute atomic E-state index is 0.249. The van der Waals surface area contributed by atoms with Crippen LogP contribution in [0.5, 0.6) is 5.75 Å². The van der Waals surface area contributed by atoms with Crippen LogP contribution in [-0.4, -0.2) is 23.0 Å². The lowest BCUT2D eigenvalue weighted by Crippen LogP contribution is -2.12. The molecular formula is C17H14ClN3O2S. The molecule has 1 amide bonds. The third kappa shape index (κ3) is 3.39. The molecule has 7 heteroatoms. The fraction of sp³-hybridized carbons (Fsp3) is 0.118. The Labute approximate surface area is 148 Å². The van der Waals surface area contributed by atoms with E-state index in [2.05, 4.69) is 15.3 Å². The summed E-state index contributed by atoms with van der Waals surface area (Å²) in [6.07, 6.45) is 3.42. The number of thiazole rings is 1. The Morgan fingerprint density at radius 2 is 2.17 bits per heavy atom. The predicted octanol–water partition coefficient (Wildman–Crippen LogP) is 4.43. The van der Waals surface area contributed by atoms with Crippen molar-refractivity contribution < 1.29 is 9.53 Å².